The summed E-state index contributed by atoms with van der Waals surface area (Å²) in [6.07, 6.45) is 0.0393. The van der Waals surface area contributed by atoms with Crippen molar-refractivity contribution in [2.24, 2.45) is 5.92 Å². The van der Waals surface area contributed by atoms with E-state index in [2.05, 4.69) is 6.92 Å². The predicted molar refractivity (Wildman–Crippen MR) is 69.2 cm³/mol. The molecule has 1 rings (SSSR count). The van der Waals surface area contributed by atoms with Gasteiger partial charge in [-0.25, -0.2) is 0 Å². The molecule has 1 N–H and O–H groups in total. The SMILES string of the molecule is COC(COCCOCCO)C(C)C1COCCO1. The van der Waals surface area contributed by atoms with E-state index in [0.717, 1.165) is 0 Å². The second-order valence-corrected chi connectivity index (χ2v) is 4.53. The zero-order chi connectivity index (χ0) is 13.9. The van der Waals surface area contributed by atoms with Gasteiger partial charge in [0.15, 0.2) is 0 Å². The molecule has 0 spiro atoms. The van der Waals surface area contributed by atoms with Crippen LogP contribution in [0.2, 0.25) is 0 Å². The molecule has 3 unspecified atom stereocenters. The Morgan fingerprint density at radius 2 is 2.00 bits per heavy atom. The summed E-state index contributed by atoms with van der Waals surface area (Å²) < 4.78 is 27.2. The maximum absolute atomic E-state index is 8.55. The summed E-state index contributed by atoms with van der Waals surface area (Å²) in [5, 5.41) is 8.55. The monoisotopic (exact) mass is 278 g/mol. The lowest BCUT2D eigenvalue weighted by molar-refractivity contribution is -0.139. The van der Waals surface area contributed by atoms with E-state index in [0.29, 0.717) is 46.2 Å². The number of rotatable bonds is 10. The van der Waals surface area contributed by atoms with Gasteiger partial charge in [0.05, 0.1) is 65.1 Å². The Hall–Kier alpha value is -0.240. The van der Waals surface area contributed by atoms with Crippen molar-refractivity contribution < 1.29 is 28.8 Å². The molecule has 0 bridgehead atoms. The van der Waals surface area contributed by atoms with Crippen molar-refractivity contribution in [1.82, 2.24) is 0 Å². The summed E-state index contributed by atoms with van der Waals surface area (Å²) in [6.45, 7) is 5.86. The number of hydrogen-bond acceptors (Lipinski definition) is 6. The van der Waals surface area contributed by atoms with Crippen LogP contribution in [0.25, 0.3) is 0 Å². The molecule has 1 heterocycles. The van der Waals surface area contributed by atoms with Crippen LogP contribution in [-0.2, 0) is 23.7 Å². The van der Waals surface area contributed by atoms with E-state index < -0.39 is 0 Å². The van der Waals surface area contributed by atoms with Gasteiger partial charge in [0.1, 0.15) is 0 Å². The van der Waals surface area contributed by atoms with Crippen LogP contribution in [-0.4, -0.2) is 77.3 Å². The second-order valence-electron chi connectivity index (χ2n) is 4.53. The van der Waals surface area contributed by atoms with Gasteiger partial charge in [0.25, 0.3) is 0 Å². The fourth-order valence-corrected chi connectivity index (χ4v) is 1.97. The average Bonchev–Trinajstić information content (AvgIpc) is 2.47. The van der Waals surface area contributed by atoms with Crippen LogP contribution in [0.1, 0.15) is 6.92 Å². The molecule has 0 amide bonds. The molecular formula is C13H26O6. The third-order valence-corrected chi connectivity index (χ3v) is 3.21. The highest BCUT2D eigenvalue weighted by atomic mass is 16.6. The summed E-state index contributed by atoms with van der Waals surface area (Å²) in [7, 11) is 1.68. The Labute approximate surface area is 114 Å². The van der Waals surface area contributed by atoms with Crippen LogP contribution in [0.3, 0.4) is 0 Å². The molecule has 0 saturated carbocycles. The first-order valence-electron chi connectivity index (χ1n) is 6.78. The molecule has 0 aromatic rings. The van der Waals surface area contributed by atoms with Gasteiger partial charge in [-0.2, -0.15) is 0 Å². The van der Waals surface area contributed by atoms with E-state index in [-0.39, 0.29) is 24.7 Å². The smallest absolute Gasteiger partial charge is 0.0860 e. The molecule has 0 aromatic heterocycles. The number of aliphatic hydroxyl groups is 1. The second kappa shape index (κ2) is 10.5. The third kappa shape index (κ3) is 6.65. The molecular weight excluding hydrogens is 252 g/mol. The van der Waals surface area contributed by atoms with Gasteiger partial charge in [-0.3, -0.25) is 0 Å². The molecule has 0 aromatic carbocycles. The third-order valence-electron chi connectivity index (χ3n) is 3.21. The lowest BCUT2D eigenvalue weighted by Gasteiger charge is -2.32. The minimum atomic E-state index is -0.0236. The number of ether oxygens (including phenoxy) is 5. The minimum absolute atomic E-state index is 0.0236. The molecule has 114 valence electrons. The van der Waals surface area contributed by atoms with Gasteiger partial charge in [0.2, 0.25) is 0 Å². The van der Waals surface area contributed by atoms with E-state index in [4.69, 9.17) is 28.8 Å². The predicted octanol–water partition coefficient (Wildman–Crippen LogP) is 0.0784. The quantitative estimate of drug-likeness (QED) is 0.571. The highest BCUT2D eigenvalue weighted by Gasteiger charge is 2.28. The first-order chi connectivity index (χ1) is 9.29. The van der Waals surface area contributed by atoms with Crippen LogP contribution in [0, 0.1) is 5.92 Å². The van der Waals surface area contributed by atoms with Crippen molar-refractivity contribution in [1.29, 1.82) is 0 Å². The fourth-order valence-electron chi connectivity index (χ4n) is 1.97. The van der Waals surface area contributed by atoms with Gasteiger partial charge in [-0.1, -0.05) is 6.92 Å². The molecule has 1 aliphatic rings. The highest BCUT2D eigenvalue weighted by Crippen LogP contribution is 2.18. The van der Waals surface area contributed by atoms with E-state index in [1.165, 1.54) is 0 Å². The van der Waals surface area contributed by atoms with Gasteiger partial charge in [0, 0.05) is 13.0 Å². The Kier molecular flexibility index (Phi) is 9.32. The molecule has 1 fully saturated rings. The van der Waals surface area contributed by atoms with Crippen LogP contribution in [0.5, 0.6) is 0 Å². The lowest BCUT2D eigenvalue weighted by Crippen LogP contribution is -2.41. The summed E-state index contributed by atoms with van der Waals surface area (Å²) in [5.74, 6) is 0.212. The Morgan fingerprint density at radius 1 is 1.21 bits per heavy atom. The molecule has 19 heavy (non-hydrogen) atoms. The normalized spacial score (nSPS) is 23.2. The molecule has 6 nitrogen and oxygen atoms in total. The van der Waals surface area contributed by atoms with E-state index >= 15 is 0 Å². The van der Waals surface area contributed by atoms with Crippen LogP contribution >= 0.6 is 0 Å². The molecule has 0 aliphatic carbocycles. The highest BCUT2D eigenvalue weighted by molar-refractivity contribution is 4.76. The van der Waals surface area contributed by atoms with Crippen LogP contribution in [0.4, 0.5) is 0 Å². The molecule has 1 saturated heterocycles. The number of methoxy groups -OCH3 is 1. The Balaban J connectivity index is 2.16. The Morgan fingerprint density at radius 3 is 2.63 bits per heavy atom. The van der Waals surface area contributed by atoms with Crippen molar-refractivity contribution in [2.45, 2.75) is 19.1 Å². The first-order valence-corrected chi connectivity index (χ1v) is 6.78. The number of hydrogen-bond donors (Lipinski definition) is 1. The van der Waals surface area contributed by atoms with Crippen LogP contribution in [0.15, 0.2) is 0 Å². The van der Waals surface area contributed by atoms with E-state index in [9.17, 15) is 0 Å². The fraction of sp³-hybridized carbons (Fsp3) is 1.00. The lowest BCUT2D eigenvalue weighted by atomic mass is 9.98. The molecule has 0 radical (unpaired) electrons. The summed E-state index contributed by atoms with van der Waals surface area (Å²) in [4.78, 5) is 0. The largest absolute Gasteiger partial charge is 0.394 e. The first kappa shape index (κ1) is 16.8. The van der Waals surface area contributed by atoms with Crippen molar-refractivity contribution in [3.05, 3.63) is 0 Å². The van der Waals surface area contributed by atoms with Crippen molar-refractivity contribution in [3.8, 4) is 0 Å². The van der Waals surface area contributed by atoms with Crippen LogP contribution < -0.4 is 0 Å². The molecule has 3 atom stereocenters. The van der Waals surface area contributed by atoms with Gasteiger partial charge in [-0.15, -0.1) is 0 Å². The van der Waals surface area contributed by atoms with E-state index in [1.807, 2.05) is 0 Å². The maximum Gasteiger partial charge on any atom is 0.0860 e. The summed E-state index contributed by atoms with van der Waals surface area (Å²) in [5.41, 5.74) is 0. The number of aliphatic hydroxyl groups excluding tert-OH is 1. The van der Waals surface area contributed by atoms with Crippen molar-refractivity contribution in [3.63, 3.8) is 0 Å². The summed E-state index contributed by atoms with van der Waals surface area (Å²) in [6, 6.07) is 0. The minimum Gasteiger partial charge on any atom is -0.394 e. The maximum atomic E-state index is 8.55. The zero-order valence-electron chi connectivity index (χ0n) is 11.9. The standard InChI is InChI=1S/C13H26O6/c1-11(13-10-18-7-8-19-13)12(15-2)9-17-6-5-16-4-3-14/h11-14H,3-10H2,1-2H3. The zero-order valence-corrected chi connectivity index (χ0v) is 11.9. The van der Waals surface area contributed by atoms with Gasteiger partial charge < -0.3 is 28.8 Å². The molecule has 6 heteroatoms. The molecule has 1 aliphatic heterocycles. The average molecular weight is 278 g/mol. The van der Waals surface area contributed by atoms with Gasteiger partial charge in [-0.05, 0) is 0 Å². The van der Waals surface area contributed by atoms with Crippen molar-refractivity contribution >= 4 is 0 Å². The van der Waals surface area contributed by atoms with Gasteiger partial charge >= 0.3 is 0 Å². The topological polar surface area (TPSA) is 66.4 Å². The van der Waals surface area contributed by atoms with E-state index in [1.54, 1.807) is 7.11 Å². The Bertz CT molecular complexity index is 207. The summed E-state index contributed by atoms with van der Waals surface area (Å²) >= 11 is 0. The van der Waals surface area contributed by atoms with Crippen molar-refractivity contribution in [2.75, 3.05) is 60.0 Å².